The number of aliphatic imine (C=N–C) groups is 1. The van der Waals surface area contributed by atoms with E-state index in [1.54, 1.807) is 6.07 Å². The molecule has 0 saturated carbocycles. The van der Waals surface area contributed by atoms with Gasteiger partial charge in [-0.15, -0.1) is 0 Å². The van der Waals surface area contributed by atoms with E-state index < -0.39 is 0 Å². The third-order valence-corrected chi connectivity index (χ3v) is 6.04. The number of fused-ring (bicyclic) bond motifs is 1. The molecule has 0 bridgehead atoms. The van der Waals surface area contributed by atoms with E-state index in [0.717, 1.165) is 38.4 Å². The lowest BCUT2D eigenvalue weighted by molar-refractivity contribution is 0.174. The molecule has 0 saturated heterocycles. The summed E-state index contributed by atoms with van der Waals surface area (Å²) in [5.41, 5.74) is 3.71. The van der Waals surface area contributed by atoms with Gasteiger partial charge in [0.1, 0.15) is 11.9 Å². The van der Waals surface area contributed by atoms with Gasteiger partial charge in [-0.3, -0.25) is 10.3 Å². The van der Waals surface area contributed by atoms with Crippen LogP contribution in [0.1, 0.15) is 35.3 Å². The number of hydrogen-bond donors (Lipinski definition) is 2. The molecule has 5 nitrogen and oxygen atoms in total. The quantitative estimate of drug-likeness (QED) is 0.495. The maximum absolute atomic E-state index is 10.5. The molecule has 2 N–H and O–H groups in total. The third-order valence-electron chi connectivity index (χ3n) is 5.30. The first kappa shape index (κ1) is 19.4. The Labute approximate surface area is 187 Å². The second-order valence-electron chi connectivity index (χ2n) is 7.22. The molecule has 0 amide bonds. The summed E-state index contributed by atoms with van der Waals surface area (Å²) >= 11 is 9.58. The van der Waals surface area contributed by atoms with Crippen LogP contribution in [0.2, 0.25) is 5.02 Å². The molecule has 0 aliphatic carbocycles. The predicted molar refractivity (Wildman–Crippen MR) is 120 cm³/mol. The Morgan fingerprint density at radius 1 is 1.00 bits per heavy atom. The van der Waals surface area contributed by atoms with Gasteiger partial charge in [-0.25, -0.2) is 0 Å². The molecule has 0 spiro atoms. The first-order chi connectivity index (χ1) is 14.6. The van der Waals surface area contributed by atoms with Gasteiger partial charge in [0, 0.05) is 33.2 Å². The fourth-order valence-corrected chi connectivity index (χ4v) is 4.28. The minimum Gasteiger partial charge on any atom is -0.508 e. The smallest absolute Gasteiger partial charge is 0.231 e. The number of halogens is 2. The molecule has 2 heterocycles. The lowest BCUT2D eigenvalue weighted by Gasteiger charge is -2.31. The van der Waals surface area contributed by atoms with Gasteiger partial charge >= 0.3 is 0 Å². The summed E-state index contributed by atoms with van der Waals surface area (Å²) in [4.78, 5) is 4.98. The molecule has 30 heavy (non-hydrogen) atoms. The molecule has 3 aromatic rings. The summed E-state index contributed by atoms with van der Waals surface area (Å²) in [6.45, 7) is 0.231. The Hall–Kier alpha value is -2.54. The molecule has 2 aliphatic rings. The van der Waals surface area contributed by atoms with Crippen molar-refractivity contribution in [2.24, 2.45) is 4.99 Å². The van der Waals surface area contributed by atoms with Gasteiger partial charge in [0.25, 0.3) is 0 Å². The zero-order valence-electron chi connectivity index (χ0n) is 15.8. The lowest BCUT2D eigenvalue weighted by atomic mass is 9.93. The van der Waals surface area contributed by atoms with Crippen LogP contribution < -0.4 is 14.8 Å². The van der Waals surface area contributed by atoms with Gasteiger partial charge in [-0.05, 0) is 59.7 Å². The largest absolute Gasteiger partial charge is 0.508 e. The van der Waals surface area contributed by atoms with Gasteiger partial charge in [0.2, 0.25) is 6.79 Å². The van der Waals surface area contributed by atoms with Crippen molar-refractivity contribution < 1.29 is 14.6 Å². The van der Waals surface area contributed by atoms with Crippen LogP contribution in [-0.4, -0.2) is 17.6 Å². The van der Waals surface area contributed by atoms with Crippen molar-refractivity contribution >= 4 is 33.2 Å². The maximum atomic E-state index is 10.5. The molecular formula is C23H18BrClN2O3. The molecule has 0 radical (unpaired) electrons. The normalized spacial score (nSPS) is 20.1. The number of benzene rings is 3. The van der Waals surface area contributed by atoms with Crippen molar-refractivity contribution in [2.75, 3.05) is 6.79 Å². The lowest BCUT2D eigenvalue weighted by Crippen LogP contribution is -2.33. The summed E-state index contributed by atoms with van der Waals surface area (Å²) in [5.74, 6) is 1.71. The predicted octanol–water partition coefficient (Wildman–Crippen LogP) is 5.76. The van der Waals surface area contributed by atoms with Crippen molar-refractivity contribution in [1.82, 2.24) is 5.32 Å². The van der Waals surface area contributed by atoms with Crippen LogP contribution in [0.5, 0.6) is 17.2 Å². The second kappa shape index (κ2) is 7.95. The van der Waals surface area contributed by atoms with E-state index in [1.807, 2.05) is 54.6 Å². The maximum Gasteiger partial charge on any atom is 0.231 e. The Kier molecular flexibility index (Phi) is 5.15. The van der Waals surface area contributed by atoms with Crippen LogP contribution in [0.15, 0.2) is 70.1 Å². The molecule has 7 heteroatoms. The highest BCUT2D eigenvalue weighted by molar-refractivity contribution is 9.10. The van der Waals surface area contributed by atoms with E-state index in [0.29, 0.717) is 11.4 Å². The Morgan fingerprint density at radius 3 is 2.63 bits per heavy atom. The molecular weight excluding hydrogens is 468 g/mol. The number of nitrogens with one attached hydrogen (secondary N) is 1. The van der Waals surface area contributed by atoms with E-state index in [9.17, 15) is 5.11 Å². The highest BCUT2D eigenvalue weighted by Crippen LogP contribution is 2.38. The highest BCUT2D eigenvalue weighted by atomic mass is 79.9. The van der Waals surface area contributed by atoms with Crippen molar-refractivity contribution in [3.63, 3.8) is 0 Å². The standard InChI is InChI=1S/C23H18BrClN2O3/c24-15-4-7-20(28)17(10-15)19-11-18(14-3-8-21-22(9-14)30-12-29-21)26-23(27-19)13-1-5-16(25)6-2-13/h1-10,19,23,27-28H,11-12H2. The molecule has 152 valence electrons. The summed E-state index contributed by atoms with van der Waals surface area (Å²) < 4.78 is 11.9. The number of ether oxygens (including phenoxy) is 2. The monoisotopic (exact) mass is 484 g/mol. The Morgan fingerprint density at radius 2 is 1.80 bits per heavy atom. The van der Waals surface area contributed by atoms with Crippen molar-refractivity contribution in [2.45, 2.75) is 18.6 Å². The van der Waals surface area contributed by atoms with Gasteiger partial charge in [0.15, 0.2) is 11.5 Å². The van der Waals surface area contributed by atoms with Crippen LogP contribution >= 0.6 is 27.5 Å². The fraction of sp³-hybridized carbons (Fsp3) is 0.174. The first-order valence-corrected chi connectivity index (χ1v) is 10.7. The third kappa shape index (κ3) is 3.78. The van der Waals surface area contributed by atoms with Gasteiger partial charge in [0.05, 0.1) is 0 Å². The number of rotatable bonds is 3. The summed E-state index contributed by atoms with van der Waals surface area (Å²) in [5, 5.41) is 14.7. The summed E-state index contributed by atoms with van der Waals surface area (Å²) in [7, 11) is 0. The van der Waals surface area contributed by atoms with Crippen LogP contribution in [0.25, 0.3) is 0 Å². The summed E-state index contributed by atoms with van der Waals surface area (Å²) in [6, 6.07) is 18.8. The van der Waals surface area contributed by atoms with Crippen molar-refractivity contribution in [3.05, 3.63) is 86.8 Å². The van der Waals surface area contributed by atoms with Gasteiger partial charge < -0.3 is 14.6 Å². The van der Waals surface area contributed by atoms with E-state index >= 15 is 0 Å². The molecule has 5 rings (SSSR count). The molecule has 0 aromatic heterocycles. The molecule has 0 fully saturated rings. The Balaban J connectivity index is 1.56. The molecule has 2 unspecified atom stereocenters. The Bertz CT molecular complexity index is 1130. The van der Waals surface area contributed by atoms with Crippen LogP contribution in [0.3, 0.4) is 0 Å². The average Bonchev–Trinajstić information content (AvgIpc) is 3.23. The van der Waals surface area contributed by atoms with Gasteiger partial charge in [-0.2, -0.15) is 0 Å². The van der Waals surface area contributed by atoms with E-state index in [2.05, 4.69) is 21.2 Å². The van der Waals surface area contributed by atoms with E-state index in [1.165, 1.54) is 0 Å². The first-order valence-electron chi connectivity index (χ1n) is 9.53. The van der Waals surface area contributed by atoms with Crippen LogP contribution in [-0.2, 0) is 0 Å². The number of nitrogens with zero attached hydrogens (tertiary/aromatic N) is 1. The van der Waals surface area contributed by atoms with E-state index in [-0.39, 0.29) is 24.8 Å². The highest BCUT2D eigenvalue weighted by Gasteiger charge is 2.28. The second-order valence-corrected chi connectivity index (χ2v) is 8.58. The van der Waals surface area contributed by atoms with Crippen LogP contribution in [0, 0.1) is 0 Å². The van der Waals surface area contributed by atoms with Gasteiger partial charge in [-0.1, -0.05) is 39.7 Å². The topological polar surface area (TPSA) is 63.1 Å². The van der Waals surface area contributed by atoms with Crippen molar-refractivity contribution in [3.8, 4) is 17.2 Å². The number of hydrogen-bond acceptors (Lipinski definition) is 5. The average molecular weight is 486 g/mol. The molecule has 2 atom stereocenters. The number of aromatic hydroxyl groups is 1. The fourth-order valence-electron chi connectivity index (χ4n) is 3.78. The zero-order valence-corrected chi connectivity index (χ0v) is 18.2. The zero-order chi connectivity index (χ0) is 20.7. The minimum absolute atomic E-state index is 0.124. The van der Waals surface area contributed by atoms with Crippen molar-refractivity contribution in [1.29, 1.82) is 0 Å². The minimum atomic E-state index is -0.278. The number of phenolic OH excluding ortho intramolecular Hbond substituents is 1. The van der Waals surface area contributed by atoms with Crippen LogP contribution in [0.4, 0.5) is 0 Å². The summed E-state index contributed by atoms with van der Waals surface area (Å²) in [6.07, 6.45) is 0.341. The molecule has 3 aromatic carbocycles. The molecule has 2 aliphatic heterocycles. The number of phenols is 1. The van der Waals surface area contributed by atoms with E-state index in [4.69, 9.17) is 26.1 Å². The SMILES string of the molecule is Oc1ccc(Br)cc1C1CC(c2ccc3c(c2)OCO3)=NC(c2ccc(Cl)cc2)N1.